The maximum Gasteiger partial charge on any atom is 0.282 e. The van der Waals surface area contributed by atoms with Crippen molar-refractivity contribution in [3.63, 3.8) is 0 Å². The van der Waals surface area contributed by atoms with Gasteiger partial charge in [0.2, 0.25) is 0 Å². The smallest absolute Gasteiger partial charge is 0.282 e. The van der Waals surface area contributed by atoms with Crippen molar-refractivity contribution >= 4 is 10.2 Å². The Hall–Kier alpha value is -0.210. The molecule has 0 bridgehead atoms. The largest absolute Gasteiger partial charge is 0.381 e. The van der Waals surface area contributed by atoms with Crippen LogP contribution >= 0.6 is 0 Å². The second kappa shape index (κ2) is 6.91. The van der Waals surface area contributed by atoms with Crippen molar-refractivity contribution in [3.8, 4) is 0 Å². The van der Waals surface area contributed by atoms with E-state index >= 15 is 0 Å². The van der Waals surface area contributed by atoms with E-state index in [9.17, 15) is 8.42 Å². The molecular formula is C14H27N3O3S. The maximum absolute atomic E-state index is 12.5. The topological polar surface area (TPSA) is 53.1 Å². The minimum Gasteiger partial charge on any atom is -0.381 e. The summed E-state index contributed by atoms with van der Waals surface area (Å²) in [7, 11) is -3.20. The number of ether oxygens (including phenoxy) is 1. The Morgan fingerprint density at radius 1 is 0.905 bits per heavy atom. The fourth-order valence-corrected chi connectivity index (χ4v) is 5.21. The maximum atomic E-state index is 12.5. The molecule has 0 spiro atoms. The first kappa shape index (κ1) is 15.7. The monoisotopic (exact) mass is 317 g/mol. The van der Waals surface area contributed by atoms with Gasteiger partial charge in [-0.2, -0.15) is 17.0 Å². The lowest BCUT2D eigenvalue weighted by Crippen LogP contribution is -2.53. The van der Waals surface area contributed by atoms with Crippen molar-refractivity contribution in [2.45, 2.75) is 25.7 Å². The van der Waals surface area contributed by atoms with Crippen LogP contribution in [0.5, 0.6) is 0 Å². The number of nitrogens with zero attached hydrogens (tertiary/aromatic N) is 3. The molecule has 3 fully saturated rings. The molecular weight excluding hydrogens is 290 g/mol. The first-order valence-electron chi connectivity index (χ1n) is 8.21. The lowest BCUT2D eigenvalue weighted by atomic mass is 10.0. The summed E-state index contributed by atoms with van der Waals surface area (Å²) < 4.78 is 33.8. The van der Waals surface area contributed by atoms with Crippen LogP contribution < -0.4 is 0 Å². The Morgan fingerprint density at radius 3 is 2.19 bits per heavy atom. The average molecular weight is 317 g/mol. The minimum atomic E-state index is -3.20. The van der Waals surface area contributed by atoms with E-state index in [1.807, 2.05) is 0 Å². The molecule has 0 aromatic carbocycles. The van der Waals surface area contributed by atoms with E-state index in [0.29, 0.717) is 32.1 Å². The van der Waals surface area contributed by atoms with Gasteiger partial charge in [0.05, 0.1) is 6.61 Å². The zero-order valence-electron chi connectivity index (χ0n) is 12.7. The molecule has 3 aliphatic rings. The van der Waals surface area contributed by atoms with E-state index in [1.54, 1.807) is 8.61 Å². The lowest BCUT2D eigenvalue weighted by molar-refractivity contribution is 0.0333. The normalized spacial score (nSPS) is 30.8. The van der Waals surface area contributed by atoms with E-state index < -0.39 is 10.2 Å². The molecule has 1 atom stereocenters. The highest BCUT2D eigenvalue weighted by Crippen LogP contribution is 2.20. The molecule has 0 aromatic rings. The number of hydrogen-bond donors (Lipinski definition) is 0. The second-order valence-corrected chi connectivity index (χ2v) is 8.33. The summed E-state index contributed by atoms with van der Waals surface area (Å²) in [5.41, 5.74) is 0. The van der Waals surface area contributed by atoms with Crippen LogP contribution in [-0.2, 0) is 14.9 Å². The van der Waals surface area contributed by atoms with Crippen molar-refractivity contribution in [1.29, 1.82) is 0 Å². The molecule has 0 aliphatic carbocycles. The highest BCUT2D eigenvalue weighted by Gasteiger charge is 2.34. The van der Waals surface area contributed by atoms with Gasteiger partial charge in [0.1, 0.15) is 0 Å². The second-order valence-electron chi connectivity index (χ2n) is 6.40. The summed E-state index contributed by atoms with van der Waals surface area (Å²) >= 11 is 0. The highest BCUT2D eigenvalue weighted by atomic mass is 32.2. The van der Waals surface area contributed by atoms with Crippen LogP contribution in [0.4, 0.5) is 0 Å². The predicted octanol–water partition coefficient (Wildman–Crippen LogP) is 0.371. The van der Waals surface area contributed by atoms with Gasteiger partial charge in [-0.15, -0.1) is 0 Å². The van der Waals surface area contributed by atoms with Gasteiger partial charge in [0.25, 0.3) is 10.2 Å². The van der Waals surface area contributed by atoms with E-state index in [2.05, 4.69) is 4.90 Å². The SMILES string of the molecule is O=S(=O)(N1CCCC1)N1CCN(CC2CCCOC2)CC1. The molecule has 0 saturated carbocycles. The molecule has 3 aliphatic heterocycles. The number of hydrogen-bond acceptors (Lipinski definition) is 4. The van der Waals surface area contributed by atoms with Gasteiger partial charge in [-0.3, -0.25) is 0 Å². The molecule has 1 unspecified atom stereocenters. The van der Waals surface area contributed by atoms with E-state index in [1.165, 1.54) is 6.42 Å². The van der Waals surface area contributed by atoms with Crippen molar-refractivity contribution in [2.75, 3.05) is 59.0 Å². The lowest BCUT2D eigenvalue weighted by Gasteiger charge is -2.37. The van der Waals surface area contributed by atoms with Gasteiger partial charge >= 0.3 is 0 Å². The third-order valence-corrected chi connectivity index (χ3v) is 6.86. The summed E-state index contributed by atoms with van der Waals surface area (Å²) in [6.45, 7) is 7.18. The summed E-state index contributed by atoms with van der Waals surface area (Å²) in [4.78, 5) is 2.40. The zero-order chi connectivity index (χ0) is 14.7. The van der Waals surface area contributed by atoms with E-state index in [4.69, 9.17) is 4.74 Å². The molecule has 122 valence electrons. The van der Waals surface area contributed by atoms with Crippen molar-refractivity contribution in [3.05, 3.63) is 0 Å². The third-order valence-electron chi connectivity index (χ3n) is 4.82. The fourth-order valence-electron chi connectivity index (χ4n) is 3.54. The molecule has 7 heteroatoms. The van der Waals surface area contributed by atoms with Crippen LogP contribution in [0.3, 0.4) is 0 Å². The highest BCUT2D eigenvalue weighted by molar-refractivity contribution is 7.86. The van der Waals surface area contributed by atoms with Crippen LogP contribution in [0.1, 0.15) is 25.7 Å². The van der Waals surface area contributed by atoms with Gasteiger partial charge < -0.3 is 9.64 Å². The van der Waals surface area contributed by atoms with Gasteiger partial charge in [-0.05, 0) is 31.6 Å². The van der Waals surface area contributed by atoms with Crippen molar-refractivity contribution < 1.29 is 13.2 Å². The van der Waals surface area contributed by atoms with Crippen molar-refractivity contribution in [2.24, 2.45) is 5.92 Å². The zero-order valence-corrected chi connectivity index (χ0v) is 13.6. The summed E-state index contributed by atoms with van der Waals surface area (Å²) in [6, 6.07) is 0. The summed E-state index contributed by atoms with van der Waals surface area (Å²) in [6.07, 6.45) is 4.40. The van der Waals surface area contributed by atoms with Gasteiger partial charge in [0, 0.05) is 52.4 Å². The number of rotatable bonds is 4. The predicted molar refractivity (Wildman–Crippen MR) is 81.3 cm³/mol. The average Bonchev–Trinajstić information content (AvgIpc) is 3.04. The molecule has 0 N–H and O–H groups in total. The van der Waals surface area contributed by atoms with Crippen LogP contribution in [-0.4, -0.2) is 81.0 Å². The molecule has 6 nitrogen and oxygen atoms in total. The molecule has 0 radical (unpaired) electrons. The minimum absolute atomic E-state index is 0.625. The molecule has 21 heavy (non-hydrogen) atoms. The molecule has 3 heterocycles. The summed E-state index contributed by atoms with van der Waals surface area (Å²) in [5, 5.41) is 0. The Balaban J connectivity index is 1.48. The molecule has 0 amide bonds. The van der Waals surface area contributed by atoms with E-state index in [0.717, 1.165) is 52.1 Å². The quantitative estimate of drug-likeness (QED) is 0.752. The number of piperazine rings is 1. The van der Waals surface area contributed by atoms with Crippen LogP contribution in [0.15, 0.2) is 0 Å². The Kier molecular flexibility index (Phi) is 5.16. The Bertz CT molecular complexity index is 423. The Morgan fingerprint density at radius 2 is 1.57 bits per heavy atom. The first-order valence-corrected chi connectivity index (χ1v) is 9.61. The van der Waals surface area contributed by atoms with Crippen LogP contribution in [0.2, 0.25) is 0 Å². The van der Waals surface area contributed by atoms with Gasteiger partial charge in [0.15, 0.2) is 0 Å². The molecule has 3 rings (SSSR count). The van der Waals surface area contributed by atoms with Gasteiger partial charge in [-0.25, -0.2) is 0 Å². The molecule has 0 aromatic heterocycles. The summed E-state index contributed by atoms with van der Waals surface area (Å²) in [5.74, 6) is 0.625. The third kappa shape index (κ3) is 3.76. The van der Waals surface area contributed by atoms with Crippen molar-refractivity contribution in [1.82, 2.24) is 13.5 Å². The van der Waals surface area contributed by atoms with Gasteiger partial charge in [-0.1, -0.05) is 0 Å². The standard InChI is InChI=1S/C14H27N3O3S/c18-21(19,16-5-1-2-6-16)17-9-7-15(8-10-17)12-14-4-3-11-20-13-14/h14H,1-13H2. The van der Waals surface area contributed by atoms with Crippen LogP contribution in [0, 0.1) is 5.92 Å². The van der Waals surface area contributed by atoms with Crippen LogP contribution in [0.25, 0.3) is 0 Å². The Labute approximate surface area is 128 Å². The fraction of sp³-hybridized carbons (Fsp3) is 1.00. The van der Waals surface area contributed by atoms with E-state index in [-0.39, 0.29) is 0 Å². The molecule has 3 saturated heterocycles. The first-order chi connectivity index (χ1) is 10.2.